The molecule has 1 aromatic rings. The Morgan fingerprint density at radius 3 is 2.81 bits per heavy atom. The van der Waals surface area contributed by atoms with Crippen molar-refractivity contribution in [3.63, 3.8) is 0 Å². The molecular formula is C14H20ClN. The molecule has 2 heteroatoms. The van der Waals surface area contributed by atoms with Crippen molar-refractivity contribution in [1.82, 2.24) is 5.32 Å². The van der Waals surface area contributed by atoms with Gasteiger partial charge in [-0.3, -0.25) is 0 Å². The van der Waals surface area contributed by atoms with E-state index in [1.165, 1.54) is 11.1 Å². The second-order valence-electron chi connectivity index (χ2n) is 4.22. The molecule has 0 aromatic heterocycles. The van der Waals surface area contributed by atoms with Gasteiger partial charge in [0.25, 0.3) is 0 Å². The summed E-state index contributed by atoms with van der Waals surface area (Å²) < 4.78 is 0. The molecule has 0 amide bonds. The van der Waals surface area contributed by atoms with Gasteiger partial charge in [-0.25, -0.2) is 0 Å². The van der Waals surface area contributed by atoms with Crippen molar-refractivity contribution >= 4 is 11.6 Å². The molecular weight excluding hydrogens is 218 g/mol. The number of hydrogen-bond acceptors (Lipinski definition) is 1. The zero-order valence-corrected chi connectivity index (χ0v) is 10.8. The van der Waals surface area contributed by atoms with E-state index in [4.69, 9.17) is 11.6 Å². The third kappa shape index (κ3) is 4.38. The maximum absolute atomic E-state index is 6.01. The Morgan fingerprint density at radius 1 is 1.50 bits per heavy atom. The van der Waals surface area contributed by atoms with E-state index >= 15 is 0 Å². The molecule has 88 valence electrons. The zero-order chi connectivity index (χ0) is 12.0. The monoisotopic (exact) mass is 237 g/mol. The molecule has 1 unspecified atom stereocenters. The summed E-state index contributed by atoms with van der Waals surface area (Å²) in [6.45, 7) is 9.23. The number of nitrogens with one attached hydrogen (secondary N) is 1. The predicted octanol–water partition coefficient (Wildman–Crippen LogP) is 4.35. The molecule has 0 aliphatic rings. The standard InChI is InChI=1S/C14H20ClN/c1-4-8-16-14(9-11(2)3)12-6-5-7-13(15)10-12/h5-7,10,14,16H,2,4,8-9H2,1,3H3. The van der Waals surface area contributed by atoms with Gasteiger partial charge in [0.05, 0.1) is 0 Å². The van der Waals surface area contributed by atoms with Gasteiger partial charge in [-0.05, 0) is 44.0 Å². The Bertz CT molecular complexity index is 346. The number of benzene rings is 1. The molecule has 1 atom stereocenters. The topological polar surface area (TPSA) is 12.0 Å². The predicted molar refractivity (Wildman–Crippen MR) is 71.9 cm³/mol. The van der Waals surface area contributed by atoms with E-state index in [1.807, 2.05) is 18.2 Å². The first kappa shape index (κ1) is 13.3. The molecule has 0 fully saturated rings. The van der Waals surface area contributed by atoms with E-state index in [2.05, 4.69) is 31.8 Å². The Labute approximate surface area is 104 Å². The Kier molecular flexibility index (Phi) is 5.58. The van der Waals surface area contributed by atoms with Gasteiger partial charge in [0, 0.05) is 11.1 Å². The second kappa shape index (κ2) is 6.72. The van der Waals surface area contributed by atoms with Gasteiger partial charge in [0.1, 0.15) is 0 Å². The summed E-state index contributed by atoms with van der Waals surface area (Å²) in [6, 6.07) is 8.37. The summed E-state index contributed by atoms with van der Waals surface area (Å²) in [6.07, 6.45) is 2.09. The molecule has 1 N–H and O–H groups in total. The van der Waals surface area contributed by atoms with Crippen molar-refractivity contribution in [3.05, 3.63) is 47.0 Å². The van der Waals surface area contributed by atoms with Crippen LogP contribution in [0.15, 0.2) is 36.4 Å². The van der Waals surface area contributed by atoms with E-state index in [9.17, 15) is 0 Å². The highest BCUT2D eigenvalue weighted by Crippen LogP contribution is 2.22. The molecule has 0 bridgehead atoms. The maximum atomic E-state index is 6.01. The molecule has 16 heavy (non-hydrogen) atoms. The summed E-state index contributed by atoms with van der Waals surface area (Å²) in [5, 5.41) is 4.32. The van der Waals surface area contributed by atoms with Gasteiger partial charge in [0.2, 0.25) is 0 Å². The molecule has 0 saturated heterocycles. The lowest BCUT2D eigenvalue weighted by molar-refractivity contribution is 0.528. The average Bonchev–Trinajstić information content (AvgIpc) is 2.23. The fraction of sp³-hybridized carbons (Fsp3) is 0.429. The highest BCUT2D eigenvalue weighted by atomic mass is 35.5. The first-order valence-electron chi connectivity index (χ1n) is 5.76. The van der Waals surface area contributed by atoms with Crippen molar-refractivity contribution in [2.45, 2.75) is 32.7 Å². The van der Waals surface area contributed by atoms with Crippen LogP contribution in [0.5, 0.6) is 0 Å². The van der Waals surface area contributed by atoms with Crippen molar-refractivity contribution < 1.29 is 0 Å². The molecule has 1 rings (SSSR count). The van der Waals surface area contributed by atoms with Gasteiger partial charge in [-0.2, -0.15) is 0 Å². The van der Waals surface area contributed by atoms with Crippen LogP contribution in [0.1, 0.15) is 38.3 Å². The highest BCUT2D eigenvalue weighted by Gasteiger charge is 2.10. The normalized spacial score (nSPS) is 12.4. The lowest BCUT2D eigenvalue weighted by Crippen LogP contribution is -2.22. The lowest BCUT2D eigenvalue weighted by Gasteiger charge is -2.19. The fourth-order valence-corrected chi connectivity index (χ4v) is 1.90. The molecule has 1 nitrogen and oxygen atoms in total. The first-order chi connectivity index (χ1) is 7.63. The highest BCUT2D eigenvalue weighted by molar-refractivity contribution is 6.30. The maximum Gasteiger partial charge on any atom is 0.0409 e. The minimum Gasteiger partial charge on any atom is -0.310 e. The van der Waals surface area contributed by atoms with E-state index in [-0.39, 0.29) is 0 Å². The van der Waals surface area contributed by atoms with Crippen molar-refractivity contribution in [3.8, 4) is 0 Å². The van der Waals surface area contributed by atoms with Gasteiger partial charge >= 0.3 is 0 Å². The van der Waals surface area contributed by atoms with Gasteiger partial charge in [-0.15, -0.1) is 6.58 Å². The van der Waals surface area contributed by atoms with Gasteiger partial charge in [-0.1, -0.05) is 36.2 Å². The minimum atomic E-state index is 0.330. The van der Waals surface area contributed by atoms with Crippen LogP contribution in [0.2, 0.25) is 5.02 Å². The molecule has 0 heterocycles. The van der Waals surface area contributed by atoms with Gasteiger partial charge < -0.3 is 5.32 Å². The Hall–Kier alpha value is -0.790. The summed E-state index contributed by atoms with van der Waals surface area (Å²) in [7, 11) is 0. The largest absolute Gasteiger partial charge is 0.310 e. The molecule has 0 spiro atoms. The van der Waals surface area contributed by atoms with E-state index < -0.39 is 0 Å². The van der Waals surface area contributed by atoms with Crippen LogP contribution in [0.4, 0.5) is 0 Å². The molecule has 0 saturated carbocycles. The smallest absolute Gasteiger partial charge is 0.0409 e. The zero-order valence-electron chi connectivity index (χ0n) is 10.1. The molecule has 0 radical (unpaired) electrons. The van der Waals surface area contributed by atoms with Crippen molar-refractivity contribution in [2.75, 3.05) is 6.54 Å². The Balaban J connectivity index is 2.78. The van der Waals surface area contributed by atoms with Crippen LogP contribution in [-0.2, 0) is 0 Å². The van der Waals surface area contributed by atoms with Crippen LogP contribution in [0, 0.1) is 0 Å². The van der Waals surface area contributed by atoms with Crippen LogP contribution in [0.3, 0.4) is 0 Å². The number of hydrogen-bond donors (Lipinski definition) is 1. The molecule has 1 aromatic carbocycles. The SMILES string of the molecule is C=C(C)CC(NCCC)c1cccc(Cl)c1. The van der Waals surface area contributed by atoms with Crippen LogP contribution < -0.4 is 5.32 Å². The number of halogens is 1. The summed E-state index contributed by atoms with van der Waals surface area (Å²) in [4.78, 5) is 0. The van der Waals surface area contributed by atoms with Crippen molar-refractivity contribution in [2.24, 2.45) is 0 Å². The molecule has 0 aliphatic heterocycles. The minimum absolute atomic E-state index is 0.330. The third-order valence-electron chi connectivity index (χ3n) is 2.44. The quantitative estimate of drug-likeness (QED) is 0.726. The van der Waals surface area contributed by atoms with Crippen LogP contribution in [0.25, 0.3) is 0 Å². The lowest BCUT2D eigenvalue weighted by atomic mass is 10.0. The van der Waals surface area contributed by atoms with Gasteiger partial charge in [0.15, 0.2) is 0 Å². The average molecular weight is 238 g/mol. The van der Waals surface area contributed by atoms with E-state index in [0.717, 1.165) is 24.4 Å². The molecule has 0 aliphatic carbocycles. The fourth-order valence-electron chi connectivity index (χ4n) is 1.70. The summed E-state index contributed by atoms with van der Waals surface area (Å²) in [5.41, 5.74) is 2.43. The summed E-state index contributed by atoms with van der Waals surface area (Å²) >= 11 is 6.01. The third-order valence-corrected chi connectivity index (χ3v) is 2.68. The Morgan fingerprint density at radius 2 is 2.25 bits per heavy atom. The van der Waals surface area contributed by atoms with Crippen LogP contribution in [-0.4, -0.2) is 6.54 Å². The van der Waals surface area contributed by atoms with E-state index in [1.54, 1.807) is 0 Å². The van der Waals surface area contributed by atoms with E-state index in [0.29, 0.717) is 6.04 Å². The number of rotatable bonds is 6. The van der Waals surface area contributed by atoms with Crippen molar-refractivity contribution in [1.29, 1.82) is 0 Å². The second-order valence-corrected chi connectivity index (χ2v) is 4.66. The van der Waals surface area contributed by atoms with Crippen LogP contribution >= 0.6 is 11.6 Å². The first-order valence-corrected chi connectivity index (χ1v) is 6.14. The summed E-state index contributed by atoms with van der Waals surface area (Å²) in [5.74, 6) is 0.